The van der Waals surface area contributed by atoms with Crippen molar-refractivity contribution in [3.8, 4) is 0 Å². The molecular formula is C29H33N7O3. The number of carbonyl (C=O) groups is 3. The molecule has 1 aliphatic rings. The van der Waals surface area contributed by atoms with E-state index in [9.17, 15) is 14.4 Å². The van der Waals surface area contributed by atoms with Crippen LogP contribution in [0.4, 0.5) is 5.69 Å². The van der Waals surface area contributed by atoms with Crippen LogP contribution in [-0.4, -0.2) is 48.4 Å². The Morgan fingerprint density at radius 2 is 1.85 bits per heavy atom. The van der Waals surface area contributed by atoms with E-state index in [-0.39, 0.29) is 30.2 Å². The number of amides is 2. The number of anilines is 1. The van der Waals surface area contributed by atoms with Crippen LogP contribution in [0.25, 0.3) is 11.0 Å². The molecule has 1 N–H and O–H groups in total. The third-order valence-electron chi connectivity index (χ3n) is 7.31. The van der Waals surface area contributed by atoms with E-state index >= 15 is 0 Å². The van der Waals surface area contributed by atoms with Gasteiger partial charge in [-0.2, -0.15) is 5.10 Å². The molecule has 0 radical (unpaired) electrons. The summed E-state index contributed by atoms with van der Waals surface area (Å²) in [6.07, 6.45) is 6.87. The molecule has 0 saturated heterocycles. The van der Waals surface area contributed by atoms with Crippen LogP contribution in [0.2, 0.25) is 0 Å². The molecule has 1 fully saturated rings. The highest BCUT2D eigenvalue weighted by atomic mass is 16.2. The Hall–Kier alpha value is -4.34. The summed E-state index contributed by atoms with van der Waals surface area (Å²) in [6, 6.07) is 13.3. The fraction of sp³-hybridized carbons (Fsp3) is 0.379. The molecular weight excluding hydrogens is 494 g/mol. The predicted octanol–water partition coefficient (Wildman–Crippen LogP) is 3.90. The van der Waals surface area contributed by atoms with Crippen molar-refractivity contribution >= 4 is 34.3 Å². The number of Topliss-reactive ketones (excluding diaryl/α,β-unsaturated/α-hetero) is 1. The molecule has 10 nitrogen and oxygen atoms in total. The lowest BCUT2D eigenvalue weighted by molar-refractivity contribution is -0.127. The minimum absolute atomic E-state index is 0.0468. The first-order valence-electron chi connectivity index (χ1n) is 13.3. The highest BCUT2D eigenvalue weighted by Gasteiger charge is 2.36. The average Bonchev–Trinajstić information content (AvgIpc) is 3.49. The quantitative estimate of drug-likeness (QED) is 0.348. The fourth-order valence-corrected chi connectivity index (χ4v) is 5.36. The van der Waals surface area contributed by atoms with Gasteiger partial charge < -0.3 is 5.32 Å². The van der Waals surface area contributed by atoms with E-state index < -0.39 is 6.04 Å². The van der Waals surface area contributed by atoms with E-state index in [0.717, 1.165) is 32.1 Å². The van der Waals surface area contributed by atoms with Crippen LogP contribution in [0.3, 0.4) is 0 Å². The molecule has 4 aromatic rings. The van der Waals surface area contributed by atoms with E-state index in [1.165, 1.54) is 16.5 Å². The largest absolute Gasteiger partial charge is 0.351 e. The van der Waals surface area contributed by atoms with E-state index in [0.29, 0.717) is 33.5 Å². The highest BCUT2D eigenvalue weighted by molar-refractivity contribution is 6.03. The summed E-state index contributed by atoms with van der Waals surface area (Å²) >= 11 is 0. The Kier molecular flexibility index (Phi) is 7.53. The molecule has 39 heavy (non-hydrogen) atoms. The third kappa shape index (κ3) is 5.59. The van der Waals surface area contributed by atoms with Gasteiger partial charge in [0.1, 0.15) is 18.1 Å². The van der Waals surface area contributed by atoms with Crippen molar-refractivity contribution < 1.29 is 14.4 Å². The van der Waals surface area contributed by atoms with Gasteiger partial charge in [0.2, 0.25) is 11.8 Å². The van der Waals surface area contributed by atoms with Crippen LogP contribution in [0, 0.1) is 6.92 Å². The van der Waals surface area contributed by atoms with Crippen molar-refractivity contribution in [3.63, 3.8) is 0 Å². The summed E-state index contributed by atoms with van der Waals surface area (Å²) < 4.78 is 3.18. The number of nitrogens with one attached hydrogen (secondary N) is 1. The third-order valence-corrected chi connectivity index (χ3v) is 7.31. The fourth-order valence-electron chi connectivity index (χ4n) is 5.36. The first kappa shape index (κ1) is 26.3. The first-order chi connectivity index (χ1) is 18.8. The number of hydrogen-bond donors (Lipinski definition) is 1. The zero-order chi connectivity index (χ0) is 27.5. The van der Waals surface area contributed by atoms with Gasteiger partial charge in [0, 0.05) is 36.1 Å². The van der Waals surface area contributed by atoms with Crippen molar-refractivity contribution in [2.75, 3.05) is 4.90 Å². The van der Waals surface area contributed by atoms with Crippen LogP contribution in [0.1, 0.15) is 66.7 Å². The van der Waals surface area contributed by atoms with Gasteiger partial charge in [-0.25, -0.2) is 4.68 Å². The van der Waals surface area contributed by atoms with E-state index in [4.69, 9.17) is 0 Å². The molecule has 2 amide bonds. The zero-order valence-electron chi connectivity index (χ0n) is 22.5. The van der Waals surface area contributed by atoms with Gasteiger partial charge in [-0.15, -0.1) is 5.10 Å². The minimum atomic E-state index is -0.995. The molecule has 0 bridgehead atoms. The number of para-hydroxylation sites is 1. The van der Waals surface area contributed by atoms with Crippen LogP contribution >= 0.6 is 0 Å². The maximum Gasteiger partial charge on any atom is 0.249 e. The number of fused-ring (bicyclic) bond motifs is 1. The lowest BCUT2D eigenvalue weighted by Gasteiger charge is -2.33. The molecule has 2 aromatic carbocycles. The molecule has 1 atom stereocenters. The molecule has 5 rings (SSSR count). The van der Waals surface area contributed by atoms with E-state index in [1.54, 1.807) is 42.2 Å². The molecule has 0 unspecified atom stereocenters. The molecule has 0 aliphatic heterocycles. The second-order valence-corrected chi connectivity index (χ2v) is 10.2. The number of ketones is 1. The van der Waals surface area contributed by atoms with Gasteiger partial charge in [-0.1, -0.05) is 48.7 Å². The van der Waals surface area contributed by atoms with Crippen molar-refractivity contribution in [3.05, 3.63) is 71.5 Å². The summed E-state index contributed by atoms with van der Waals surface area (Å²) in [4.78, 5) is 42.0. The SMILES string of the molecule is CC(=O)c1cccc(N(C(=O)Cn2nnc3ccccc32)[C@H](C(=O)NC2CCCCC2)c2cn(C)nc2C)c1. The normalized spacial score (nSPS) is 14.7. The second-order valence-electron chi connectivity index (χ2n) is 10.2. The number of rotatable bonds is 8. The zero-order valence-corrected chi connectivity index (χ0v) is 22.5. The molecule has 1 saturated carbocycles. The number of nitrogens with zero attached hydrogens (tertiary/aromatic N) is 6. The van der Waals surface area contributed by atoms with Crippen LogP contribution in [0.15, 0.2) is 54.7 Å². The van der Waals surface area contributed by atoms with Gasteiger partial charge in [0.05, 0.1) is 11.2 Å². The summed E-state index contributed by atoms with van der Waals surface area (Å²) in [5.74, 6) is -0.770. The Morgan fingerprint density at radius 3 is 2.56 bits per heavy atom. The summed E-state index contributed by atoms with van der Waals surface area (Å²) in [5.41, 5.74) is 3.55. The Balaban J connectivity index is 1.60. The Bertz CT molecular complexity index is 1520. The van der Waals surface area contributed by atoms with Crippen LogP contribution < -0.4 is 10.2 Å². The lowest BCUT2D eigenvalue weighted by Crippen LogP contribution is -2.48. The van der Waals surface area contributed by atoms with Crippen molar-refractivity contribution in [2.24, 2.45) is 7.05 Å². The van der Waals surface area contributed by atoms with Crippen LogP contribution in [-0.2, 0) is 23.2 Å². The van der Waals surface area contributed by atoms with Gasteiger partial charge in [-0.3, -0.25) is 24.0 Å². The number of hydrogen-bond acceptors (Lipinski definition) is 6. The minimum Gasteiger partial charge on any atom is -0.351 e. The number of carbonyl (C=O) groups excluding carboxylic acids is 3. The number of aromatic nitrogens is 5. The Morgan fingerprint density at radius 1 is 1.08 bits per heavy atom. The van der Waals surface area contributed by atoms with E-state index in [2.05, 4.69) is 20.7 Å². The predicted molar refractivity (Wildman–Crippen MR) is 147 cm³/mol. The molecule has 10 heteroatoms. The summed E-state index contributed by atoms with van der Waals surface area (Å²) in [7, 11) is 1.79. The first-order valence-corrected chi connectivity index (χ1v) is 13.3. The maximum absolute atomic E-state index is 14.2. The molecule has 0 spiro atoms. The monoisotopic (exact) mass is 527 g/mol. The maximum atomic E-state index is 14.2. The van der Waals surface area contributed by atoms with Crippen molar-refractivity contribution in [2.45, 2.75) is 64.6 Å². The topological polar surface area (TPSA) is 115 Å². The van der Waals surface area contributed by atoms with Gasteiger partial charge in [-0.05, 0) is 51.0 Å². The van der Waals surface area contributed by atoms with Gasteiger partial charge in [0.25, 0.3) is 0 Å². The lowest BCUT2D eigenvalue weighted by atomic mass is 9.94. The number of benzene rings is 2. The summed E-state index contributed by atoms with van der Waals surface area (Å²) in [5, 5.41) is 16.1. The van der Waals surface area contributed by atoms with Gasteiger partial charge >= 0.3 is 0 Å². The Labute approximate surface area is 227 Å². The van der Waals surface area contributed by atoms with Crippen molar-refractivity contribution in [1.82, 2.24) is 30.1 Å². The van der Waals surface area contributed by atoms with Crippen molar-refractivity contribution in [1.29, 1.82) is 0 Å². The number of aryl methyl sites for hydroxylation is 2. The average molecular weight is 528 g/mol. The smallest absolute Gasteiger partial charge is 0.249 e. The van der Waals surface area contributed by atoms with Gasteiger partial charge in [0.15, 0.2) is 5.78 Å². The standard InChI is InChI=1S/C29H33N7O3/c1-19-24(17-34(3)32-19)28(29(39)30-22-11-5-4-6-12-22)36(23-13-9-10-21(16-23)20(2)37)27(38)18-35-26-15-8-7-14-25(26)31-33-35/h7-10,13-17,22,28H,4-6,11-12,18H2,1-3H3,(H,30,39)/t28-/m0/s1. The highest BCUT2D eigenvalue weighted by Crippen LogP contribution is 2.32. The molecule has 2 heterocycles. The molecule has 1 aliphatic carbocycles. The molecule has 2 aromatic heterocycles. The second kappa shape index (κ2) is 11.2. The summed E-state index contributed by atoms with van der Waals surface area (Å²) in [6.45, 7) is 3.17. The van der Waals surface area contributed by atoms with E-state index in [1.807, 2.05) is 31.2 Å². The molecule has 202 valence electrons. The van der Waals surface area contributed by atoms with Crippen LogP contribution in [0.5, 0.6) is 0 Å².